The zero-order chi connectivity index (χ0) is 19.0. The smallest absolute Gasteiger partial charge is 0.175 e. The molecule has 0 aromatic heterocycles. The van der Waals surface area contributed by atoms with E-state index < -0.39 is 9.84 Å². The molecule has 1 aliphatic heterocycles. The monoisotopic (exact) mass is 442 g/mol. The molecule has 0 bridgehead atoms. The molecule has 27 heavy (non-hydrogen) atoms. The number of sulfone groups is 1. The summed E-state index contributed by atoms with van der Waals surface area (Å²) in [4.78, 5) is 4.76. The molecule has 0 unspecified atom stereocenters. The summed E-state index contributed by atoms with van der Waals surface area (Å²) >= 11 is 3.63. The minimum atomic E-state index is -3.25. The summed E-state index contributed by atoms with van der Waals surface area (Å²) in [5.74, 6) is 0. The summed E-state index contributed by atoms with van der Waals surface area (Å²) in [6.07, 6.45) is 5.42. The van der Waals surface area contributed by atoms with Gasteiger partial charge in [-0.3, -0.25) is 0 Å². The third-order valence-corrected chi connectivity index (χ3v) is 6.48. The average molecular weight is 443 g/mol. The van der Waals surface area contributed by atoms with Gasteiger partial charge in [-0.2, -0.15) is 0 Å². The predicted molar refractivity (Wildman–Crippen MR) is 115 cm³/mol. The van der Waals surface area contributed by atoms with Crippen LogP contribution in [-0.2, 0) is 9.84 Å². The van der Waals surface area contributed by atoms with Crippen molar-refractivity contribution in [3.8, 4) is 0 Å². The van der Waals surface area contributed by atoms with E-state index in [0.717, 1.165) is 33.2 Å². The molecule has 0 atom stereocenters. The summed E-state index contributed by atoms with van der Waals surface area (Å²) in [5, 5.41) is 1.95. The molecule has 1 heterocycles. The number of hydrogen-bond acceptors (Lipinski definition) is 4. The fourth-order valence-corrected chi connectivity index (χ4v) is 4.53. The van der Waals surface area contributed by atoms with Gasteiger partial charge in [0.2, 0.25) is 0 Å². The van der Waals surface area contributed by atoms with E-state index in [-0.39, 0.29) is 0 Å². The van der Waals surface area contributed by atoms with E-state index in [4.69, 9.17) is 0 Å². The highest BCUT2D eigenvalue weighted by Crippen LogP contribution is 2.32. The maximum atomic E-state index is 12.0. The second-order valence-corrected chi connectivity index (χ2v) is 9.47. The number of para-hydroxylation sites is 1. The Hall–Kier alpha value is -2.31. The Morgan fingerprint density at radius 3 is 2.52 bits per heavy atom. The van der Waals surface area contributed by atoms with Gasteiger partial charge in [0.15, 0.2) is 9.84 Å². The Morgan fingerprint density at radius 1 is 0.963 bits per heavy atom. The first-order valence-corrected chi connectivity index (χ1v) is 11.3. The largest absolute Gasteiger partial charge is 0.349 e. The van der Waals surface area contributed by atoms with Crippen LogP contribution in [-0.4, -0.2) is 27.9 Å². The van der Waals surface area contributed by atoms with Crippen LogP contribution in [0.4, 0.5) is 11.4 Å². The summed E-state index contributed by atoms with van der Waals surface area (Å²) in [6, 6.07) is 19.5. The molecule has 0 saturated heterocycles. The Balaban J connectivity index is 1.77. The molecule has 0 fully saturated rings. The van der Waals surface area contributed by atoms with Gasteiger partial charge in [-0.25, -0.2) is 8.42 Å². The molecule has 138 valence electrons. The highest BCUT2D eigenvalue weighted by atomic mass is 79.9. The first-order valence-electron chi connectivity index (χ1n) is 8.59. The van der Waals surface area contributed by atoms with Crippen molar-refractivity contribution in [2.75, 3.05) is 29.3 Å². The van der Waals surface area contributed by atoms with Gasteiger partial charge in [-0.05, 0) is 57.7 Å². The van der Waals surface area contributed by atoms with Crippen molar-refractivity contribution >= 4 is 47.9 Å². The van der Waals surface area contributed by atoms with E-state index in [9.17, 15) is 8.42 Å². The van der Waals surface area contributed by atoms with Crippen molar-refractivity contribution in [3.05, 3.63) is 77.4 Å². The van der Waals surface area contributed by atoms with Gasteiger partial charge in [-0.15, -0.1) is 0 Å². The molecule has 0 N–H and O–H groups in total. The summed E-state index contributed by atoms with van der Waals surface area (Å²) in [5.41, 5.74) is 2.12. The molecule has 0 radical (unpaired) electrons. The molecule has 4 rings (SSSR count). The maximum Gasteiger partial charge on any atom is 0.175 e. The van der Waals surface area contributed by atoms with Crippen molar-refractivity contribution in [2.45, 2.75) is 4.90 Å². The van der Waals surface area contributed by atoms with Crippen LogP contribution in [0.2, 0.25) is 0 Å². The summed E-state index contributed by atoms with van der Waals surface area (Å²) in [7, 11) is -3.25. The minimum Gasteiger partial charge on any atom is -0.349 e. The van der Waals surface area contributed by atoms with E-state index >= 15 is 0 Å². The molecule has 0 spiro atoms. The van der Waals surface area contributed by atoms with Crippen molar-refractivity contribution in [2.24, 2.45) is 0 Å². The van der Waals surface area contributed by atoms with Crippen molar-refractivity contribution in [3.63, 3.8) is 0 Å². The second kappa shape index (κ2) is 7.02. The Bertz CT molecular complexity index is 1140. The third-order valence-electron chi connectivity index (χ3n) is 4.70. The number of halogens is 1. The number of hydrogen-bond donors (Lipinski definition) is 0. The lowest BCUT2D eigenvalue weighted by molar-refractivity contribution is 0.602. The van der Waals surface area contributed by atoms with Crippen LogP contribution in [0.25, 0.3) is 10.8 Å². The van der Waals surface area contributed by atoms with Gasteiger partial charge in [-0.1, -0.05) is 30.3 Å². The van der Waals surface area contributed by atoms with Gasteiger partial charge in [0.1, 0.15) is 0 Å². The number of anilines is 2. The van der Waals surface area contributed by atoms with Crippen LogP contribution in [0.1, 0.15) is 0 Å². The number of fused-ring (bicyclic) bond motifs is 1. The molecule has 4 nitrogen and oxygen atoms in total. The second-order valence-electron chi connectivity index (χ2n) is 6.60. The van der Waals surface area contributed by atoms with Crippen molar-refractivity contribution in [1.29, 1.82) is 0 Å². The SMILES string of the molecule is CS(=O)(=O)c1ccc2cccc(N3C=CCN(c4ccccc4Br)C3)c2c1. The first kappa shape index (κ1) is 18.1. The Labute approximate surface area is 167 Å². The third kappa shape index (κ3) is 3.59. The zero-order valence-electron chi connectivity index (χ0n) is 14.8. The van der Waals surface area contributed by atoms with Crippen molar-refractivity contribution < 1.29 is 8.42 Å². The van der Waals surface area contributed by atoms with Gasteiger partial charge < -0.3 is 9.80 Å². The fourth-order valence-electron chi connectivity index (χ4n) is 3.35. The van der Waals surface area contributed by atoms with E-state index in [1.807, 2.05) is 42.5 Å². The van der Waals surface area contributed by atoms with E-state index in [1.54, 1.807) is 12.1 Å². The lowest BCUT2D eigenvalue weighted by atomic mass is 10.1. The maximum absolute atomic E-state index is 12.0. The van der Waals surface area contributed by atoms with Crippen LogP contribution in [0.3, 0.4) is 0 Å². The molecule has 1 aliphatic rings. The zero-order valence-corrected chi connectivity index (χ0v) is 17.2. The molecule has 0 amide bonds. The van der Waals surface area contributed by atoms with Crippen molar-refractivity contribution in [1.82, 2.24) is 0 Å². The highest BCUT2D eigenvalue weighted by molar-refractivity contribution is 9.10. The van der Waals surface area contributed by atoms with Gasteiger partial charge >= 0.3 is 0 Å². The molecule has 6 heteroatoms. The molecular weight excluding hydrogens is 424 g/mol. The highest BCUT2D eigenvalue weighted by Gasteiger charge is 2.18. The topological polar surface area (TPSA) is 40.6 Å². The summed E-state index contributed by atoms with van der Waals surface area (Å²) in [6.45, 7) is 1.50. The number of benzene rings is 3. The molecule has 3 aromatic carbocycles. The van der Waals surface area contributed by atoms with Crippen LogP contribution in [0, 0.1) is 0 Å². The summed E-state index contributed by atoms with van der Waals surface area (Å²) < 4.78 is 25.0. The van der Waals surface area contributed by atoms with Crippen LogP contribution < -0.4 is 9.80 Å². The van der Waals surface area contributed by atoms with Crippen LogP contribution >= 0.6 is 15.9 Å². The van der Waals surface area contributed by atoms with E-state index in [2.05, 4.69) is 44.1 Å². The normalized spacial score (nSPS) is 14.7. The minimum absolute atomic E-state index is 0.339. The molecule has 3 aromatic rings. The average Bonchev–Trinajstić information content (AvgIpc) is 2.67. The molecule has 0 saturated carbocycles. The Kier molecular flexibility index (Phi) is 4.70. The lowest BCUT2D eigenvalue weighted by Gasteiger charge is -2.35. The number of rotatable bonds is 3. The molecular formula is C21H19BrN2O2S. The number of nitrogens with zero attached hydrogens (tertiary/aromatic N) is 2. The lowest BCUT2D eigenvalue weighted by Crippen LogP contribution is -2.39. The van der Waals surface area contributed by atoms with E-state index in [0.29, 0.717) is 11.6 Å². The quantitative estimate of drug-likeness (QED) is 0.583. The standard InChI is InChI=1S/C21H19BrN2O2S/c1-27(25,26)17-11-10-16-6-4-9-20(18(16)14-17)23-12-5-13-24(15-23)21-8-3-2-7-19(21)22/h2-12,14H,13,15H2,1H3. The van der Waals surface area contributed by atoms with Gasteiger partial charge in [0.25, 0.3) is 0 Å². The van der Waals surface area contributed by atoms with Gasteiger partial charge in [0, 0.05) is 28.9 Å². The van der Waals surface area contributed by atoms with Gasteiger partial charge in [0.05, 0.1) is 22.9 Å². The molecule has 0 aliphatic carbocycles. The van der Waals surface area contributed by atoms with E-state index in [1.165, 1.54) is 6.26 Å². The Morgan fingerprint density at radius 2 is 1.74 bits per heavy atom. The predicted octanol–water partition coefficient (Wildman–Crippen LogP) is 4.80. The van der Waals surface area contributed by atoms with Crippen LogP contribution in [0.5, 0.6) is 0 Å². The van der Waals surface area contributed by atoms with Crippen LogP contribution in [0.15, 0.2) is 82.3 Å². The fraction of sp³-hybridized carbons (Fsp3) is 0.143. The first-order chi connectivity index (χ1) is 12.9.